The molecule has 2 aliphatic heterocycles. The summed E-state index contributed by atoms with van der Waals surface area (Å²) >= 11 is 0. The zero-order valence-electron chi connectivity index (χ0n) is 13.4. The Morgan fingerprint density at radius 3 is 2.73 bits per heavy atom. The second-order valence-corrected chi connectivity index (χ2v) is 7.08. The molecule has 0 bridgehead atoms. The van der Waals surface area contributed by atoms with Gasteiger partial charge in [-0.2, -0.15) is 0 Å². The zero-order chi connectivity index (χ0) is 15.7. The predicted molar refractivity (Wildman–Crippen MR) is 84.9 cm³/mol. The summed E-state index contributed by atoms with van der Waals surface area (Å²) in [7, 11) is 0. The van der Waals surface area contributed by atoms with Gasteiger partial charge in [-0.05, 0) is 55.4 Å². The quantitative estimate of drug-likeness (QED) is 0.913. The summed E-state index contributed by atoms with van der Waals surface area (Å²) in [5.74, 6) is 1.45. The Bertz CT molecular complexity index is 540. The molecule has 2 atom stereocenters. The first kappa shape index (κ1) is 15.3. The van der Waals surface area contributed by atoms with Crippen LogP contribution in [0, 0.1) is 11.8 Å². The van der Waals surface area contributed by atoms with Crippen LogP contribution in [-0.4, -0.2) is 41.2 Å². The van der Waals surface area contributed by atoms with Crippen LogP contribution in [0.3, 0.4) is 0 Å². The first-order valence-corrected chi connectivity index (χ1v) is 8.21. The summed E-state index contributed by atoms with van der Waals surface area (Å²) < 4.78 is 6.16. The summed E-state index contributed by atoms with van der Waals surface area (Å²) in [5.41, 5.74) is 0.494. The van der Waals surface area contributed by atoms with Crippen molar-refractivity contribution in [2.45, 2.75) is 38.7 Å². The van der Waals surface area contributed by atoms with Crippen LogP contribution in [0.25, 0.3) is 0 Å². The fourth-order valence-electron chi connectivity index (χ4n) is 3.65. The molecule has 1 N–H and O–H groups in total. The lowest BCUT2D eigenvalue weighted by molar-refractivity contribution is -0.0451. The van der Waals surface area contributed by atoms with Crippen molar-refractivity contribution in [1.29, 1.82) is 0 Å². The van der Waals surface area contributed by atoms with Crippen molar-refractivity contribution in [1.82, 2.24) is 4.90 Å². The van der Waals surface area contributed by atoms with E-state index >= 15 is 0 Å². The van der Waals surface area contributed by atoms with Crippen molar-refractivity contribution in [3.63, 3.8) is 0 Å². The maximum absolute atomic E-state index is 12.7. The summed E-state index contributed by atoms with van der Waals surface area (Å²) in [6.45, 7) is 6.79. The van der Waals surface area contributed by atoms with Gasteiger partial charge < -0.3 is 14.7 Å². The second kappa shape index (κ2) is 5.92. The third kappa shape index (κ3) is 2.98. The van der Waals surface area contributed by atoms with Gasteiger partial charge in [0, 0.05) is 18.7 Å². The molecule has 1 amide bonds. The van der Waals surface area contributed by atoms with Crippen LogP contribution in [0.2, 0.25) is 0 Å². The van der Waals surface area contributed by atoms with Crippen LogP contribution in [0.4, 0.5) is 0 Å². The zero-order valence-corrected chi connectivity index (χ0v) is 13.4. The molecule has 0 unspecified atom stereocenters. The molecule has 1 aromatic carbocycles. The molecule has 1 spiro atoms. The van der Waals surface area contributed by atoms with Gasteiger partial charge >= 0.3 is 0 Å². The number of hydrogen-bond acceptors (Lipinski definition) is 3. The van der Waals surface area contributed by atoms with Gasteiger partial charge in [0.2, 0.25) is 0 Å². The number of phenolic OH excluding ortho intramolecular Hbond substituents is 1. The Hall–Kier alpha value is -1.55. The van der Waals surface area contributed by atoms with E-state index in [1.807, 2.05) is 4.90 Å². The summed E-state index contributed by atoms with van der Waals surface area (Å²) in [6.07, 6.45) is 3.11. The SMILES string of the molecule is CC(C)[C@@H]1CO[C@]2(CCCN(C(=O)c3ccc(O)cc3)C2)C1. The molecule has 120 valence electrons. The Morgan fingerprint density at radius 1 is 1.36 bits per heavy atom. The maximum Gasteiger partial charge on any atom is 0.253 e. The van der Waals surface area contributed by atoms with Gasteiger partial charge in [0.25, 0.3) is 5.91 Å². The lowest BCUT2D eigenvalue weighted by Crippen LogP contribution is -2.50. The van der Waals surface area contributed by atoms with Crippen LogP contribution in [0.1, 0.15) is 43.5 Å². The number of phenols is 1. The molecule has 4 heteroatoms. The molecule has 2 saturated heterocycles. The molecule has 0 aromatic heterocycles. The van der Waals surface area contributed by atoms with E-state index in [4.69, 9.17) is 4.74 Å². The first-order valence-electron chi connectivity index (χ1n) is 8.21. The van der Waals surface area contributed by atoms with E-state index in [-0.39, 0.29) is 17.3 Å². The van der Waals surface area contributed by atoms with Crippen molar-refractivity contribution in [2.24, 2.45) is 11.8 Å². The Morgan fingerprint density at radius 2 is 2.09 bits per heavy atom. The molecule has 0 aliphatic carbocycles. The van der Waals surface area contributed by atoms with Crippen molar-refractivity contribution in [3.8, 4) is 5.75 Å². The molecule has 0 radical (unpaired) electrons. The number of hydrogen-bond donors (Lipinski definition) is 1. The number of nitrogens with zero attached hydrogens (tertiary/aromatic N) is 1. The second-order valence-electron chi connectivity index (χ2n) is 7.08. The molecule has 4 nitrogen and oxygen atoms in total. The third-order valence-electron chi connectivity index (χ3n) is 5.12. The summed E-state index contributed by atoms with van der Waals surface area (Å²) in [4.78, 5) is 14.6. The lowest BCUT2D eigenvalue weighted by Gasteiger charge is -2.40. The van der Waals surface area contributed by atoms with Crippen LogP contribution in [0.5, 0.6) is 5.75 Å². The predicted octanol–water partition coefficient (Wildman–Crippen LogP) is 3.06. The first-order chi connectivity index (χ1) is 10.5. The number of rotatable bonds is 2. The molecule has 3 rings (SSSR count). The minimum atomic E-state index is -0.139. The topological polar surface area (TPSA) is 49.8 Å². The highest BCUT2D eigenvalue weighted by Gasteiger charge is 2.45. The Kier molecular flexibility index (Phi) is 4.13. The molecule has 0 saturated carbocycles. The van der Waals surface area contributed by atoms with Gasteiger partial charge in [-0.3, -0.25) is 4.79 Å². The van der Waals surface area contributed by atoms with E-state index < -0.39 is 0 Å². The molecule has 2 aliphatic rings. The highest BCUT2D eigenvalue weighted by molar-refractivity contribution is 5.94. The molecule has 22 heavy (non-hydrogen) atoms. The molecular weight excluding hydrogens is 278 g/mol. The number of piperidine rings is 1. The van der Waals surface area contributed by atoms with Crippen LogP contribution in [0.15, 0.2) is 24.3 Å². The van der Waals surface area contributed by atoms with E-state index in [2.05, 4.69) is 13.8 Å². The number of benzene rings is 1. The van der Waals surface area contributed by atoms with Gasteiger partial charge in [-0.25, -0.2) is 0 Å². The largest absolute Gasteiger partial charge is 0.508 e. The van der Waals surface area contributed by atoms with Crippen LogP contribution >= 0.6 is 0 Å². The average Bonchev–Trinajstić information content (AvgIpc) is 2.91. The monoisotopic (exact) mass is 303 g/mol. The number of amides is 1. The van der Waals surface area contributed by atoms with Crippen LogP contribution in [-0.2, 0) is 4.74 Å². The Balaban J connectivity index is 1.71. The van der Waals surface area contributed by atoms with E-state index in [9.17, 15) is 9.90 Å². The van der Waals surface area contributed by atoms with Crippen molar-refractivity contribution in [3.05, 3.63) is 29.8 Å². The van der Waals surface area contributed by atoms with Gasteiger partial charge in [0.05, 0.1) is 12.2 Å². The Labute approximate surface area is 132 Å². The summed E-state index contributed by atoms with van der Waals surface area (Å²) in [6, 6.07) is 6.50. The number of likely N-dealkylation sites (tertiary alicyclic amines) is 1. The number of aromatic hydroxyl groups is 1. The number of carbonyl (C=O) groups excluding carboxylic acids is 1. The van der Waals surface area contributed by atoms with E-state index in [0.717, 1.165) is 32.4 Å². The maximum atomic E-state index is 12.7. The van der Waals surface area contributed by atoms with E-state index in [1.165, 1.54) is 0 Å². The third-order valence-corrected chi connectivity index (χ3v) is 5.12. The van der Waals surface area contributed by atoms with E-state index in [0.29, 0.717) is 23.9 Å². The normalized spacial score (nSPS) is 28.5. The van der Waals surface area contributed by atoms with Crippen molar-refractivity contribution < 1.29 is 14.6 Å². The highest BCUT2D eigenvalue weighted by atomic mass is 16.5. The summed E-state index contributed by atoms with van der Waals surface area (Å²) in [5, 5.41) is 9.35. The van der Waals surface area contributed by atoms with Crippen molar-refractivity contribution >= 4 is 5.91 Å². The fraction of sp³-hybridized carbons (Fsp3) is 0.611. The molecule has 2 heterocycles. The minimum Gasteiger partial charge on any atom is -0.508 e. The van der Waals surface area contributed by atoms with Crippen molar-refractivity contribution in [2.75, 3.05) is 19.7 Å². The van der Waals surface area contributed by atoms with Gasteiger partial charge in [0.15, 0.2) is 0 Å². The number of carbonyl (C=O) groups is 1. The average molecular weight is 303 g/mol. The number of ether oxygens (including phenoxy) is 1. The molecule has 1 aromatic rings. The van der Waals surface area contributed by atoms with Gasteiger partial charge in [-0.15, -0.1) is 0 Å². The van der Waals surface area contributed by atoms with E-state index in [1.54, 1.807) is 24.3 Å². The van der Waals surface area contributed by atoms with Gasteiger partial charge in [-0.1, -0.05) is 13.8 Å². The van der Waals surface area contributed by atoms with Crippen LogP contribution < -0.4 is 0 Å². The molecular formula is C18H25NO3. The fourth-order valence-corrected chi connectivity index (χ4v) is 3.65. The lowest BCUT2D eigenvalue weighted by atomic mass is 9.82. The highest BCUT2D eigenvalue weighted by Crippen LogP contribution is 2.40. The van der Waals surface area contributed by atoms with Gasteiger partial charge in [0.1, 0.15) is 5.75 Å². The molecule has 2 fully saturated rings. The smallest absolute Gasteiger partial charge is 0.253 e. The minimum absolute atomic E-state index is 0.0377. The standard InChI is InChI=1S/C18H25NO3/c1-13(2)15-10-18(22-11-15)8-3-9-19(12-18)17(21)14-4-6-16(20)7-5-14/h4-7,13,15,20H,3,8-12H2,1-2H3/t15-,18+/m0/s1.